The average molecular weight is 429 g/mol. The SMILES string of the molecule is Cc1nc2nc(NC34CC(C#N)(C3)C4)nc(Oc3c(C)cc(/C=C/C#N)cc3C)c2s1. The number of fused-ring (bicyclic) bond motifs is 1. The van der Waals surface area contributed by atoms with Crippen LogP contribution >= 0.6 is 11.3 Å². The second-order valence-electron chi connectivity index (χ2n) is 8.61. The molecule has 1 N–H and O–H groups in total. The largest absolute Gasteiger partial charge is 0.437 e. The summed E-state index contributed by atoms with van der Waals surface area (Å²) in [6.45, 7) is 5.89. The molecule has 3 saturated carbocycles. The first-order chi connectivity index (χ1) is 14.8. The van der Waals surface area contributed by atoms with Crippen LogP contribution in [0.5, 0.6) is 11.6 Å². The lowest BCUT2D eigenvalue weighted by Crippen LogP contribution is -2.70. The van der Waals surface area contributed by atoms with E-state index in [0.29, 0.717) is 17.5 Å². The van der Waals surface area contributed by atoms with Crippen LogP contribution in [0.25, 0.3) is 16.4 Å². The number of hydrogen-bond acceptors (Lipinski definition) is 8. The molecule has 0 aliphatic heterocycles. The fourth-order valence-electron chi connectivity index (χ4n) is 4.78. The maximum Gasteiger partial charge on any atom is 0.243 e. The van der Waals surface area contributed by atoms with Crippen molar-refractivity contribution in [3.63, 3.8) is 0 Å². The van der Waals surface area contributed by atoms with E-state index in [1.165, 1.54) is 17.4 Å². The topological polar surface area (TPSA) is 108 Å². The summed E-state index contributed by atoms with van der Waals surface area (Å²) in [4.78, 5) is 13.8. The number of aryl methyl sites for hydroxylation is 3. The van der Waals surface area contributed by atoms with Gasteiger partial charge in [0.05, 0.1) is 22.6 Å². The summed E-state index contributed by atoms with van der Waals surface area (Å²) in [5.74, 6) is 1.70. The van der Waals surface area contributed by atoms with E-state index in [9.17, 15) is 5.26 Å². The molecule has 0 radical (unpaired) electrons. The molecule has 6 rings (SSSR count). The van der Waals surface area contributed by atoms with E-state index in [-0.39, 0.29) is 11.0 Å². The molecule has 0 unspecified atom stereocenters. The van der Waals surface area contributed by atoms with Gasteiger partial charge in [-0.2, -0.15) is 20.5 Å². The molecule has 3 aromatic rings. The average Bonchev–Trinajstić information content (AvgIpc) is 3.04. The van der Waals surface area contributed by atoms with Gasteiger partial charge >= 0.3 is 0 Å². The number of rotatable bonds is 5. The quantitative estimate of drug-likeness (QED) is 0.557. The van der Waals surface area contributed by atoms with Crippen molar-refractivity contribution in [2.75, 3.05) is 5.32 Å². The summed E-state index contributed by atoms with van der Waals surface area (Å²) in [5, 5.41) is 22.4. The third-order valence-corrected chi connectivity index (χ3v) is 6.95. The lowest BCUT2D eigenvalue weighted by molar-refractivity contribution is -0.0665. The Morgan fingerprint density at radius 3 is 2.45 bits per heavy atom. The molecule has 3 aliphatic rings. The van der Waals surface area contributed by atoms with Gasteiger partial charge in [-0.1, -0.05) is 0 Å². The van der Waals surface area contributed by atoms with Gasteiger partial charge in [-0.05, 0) is 74.9 Å². The summed E-state index contributed by atoms with van der Waals surface area (Å²) in [7, 11) is 0. The van der Waals surface area contributed by atoms with Gasteiger partial charge in [0, 0.05) is 11.6 Å². The lowest BCUT2D eigenvalue weighted by Gasteiger charge is -2.66. The molecule has 3 fully saturated rings. The minimum atomic E-state index is -0.149. The number of nitriles is 2. The number of allylic oxidation sites excluding steroid dienone is 1. The molecule has 2 aromatic heterocycles. The van der Waals surface area contributed by atoms with Crippen LogP contribution in [0.1, 0.15) is 41.0 Å². The molecule has 3 aliphatic carbocycles. The van der Waals surface area contributed by atoms with E-state index in [2.05, 4.69) is 26.3 Å². The van der Waals surface area contributed by atoms with Gasteiger partial charge in [0.25, 0.3) is 0 Å². The predicted octanol–water partition coefficient (Wildman–Crippen LogP) is 5.20. The van der Waals surface area contributed by atoms with Gasteiger partial charge in [0.1, 0.15) is 10.4 Å². The first-order valence-electron chi connectivity index (χ1n) is 10.0. The molecule has 1 aromatic carbocycles. The molecular formula is C23H20N6OS. The molecule has 2 heterocycles. The highest BCUT2D eigenvalue weighted by molar-refractivity contribution is 7.18. The van der Waals surface area contributed by atoms with Crippen LogP contribution in [0.4, 0.5) is 5.95 Å². The number of aromatic nitrogens is 3. The van der Waals surface area contributed by atoms with Crippen molar-refractivity contribution in [3.05, 3.63) is 39.9 Å². The Labute approximate surface area is 184 Å². The zero-order valence-electron chi connectivity index (χ0n) is 17.5. The lowest BCUT2D eigenvalue weighted by atomic mass is 9.40. The molecule has 0 spiro atoms. The Balaban J connectivity index is 1.49. The van der Waals surface area contributed by atoms with E-state index in [1.54, 1.807) is 6.08 Å². The number of hydrogen-bond donors (Lipinski definition) is 1. The van der Waals surface area contributed by atoms with Gasteiger partial charge in [0.2, 0.25) is 11.8 Å². The van der Waals surface area contributed by atoms with Crippen LogP contribution < -0.4 is 10.1 Å². The summed E-state index contributed by atoms with van der Waals surface area (Å²) in [5.41, 5.74) is 3.24. The minimum Gasteiger partial charge on any atom is -0.437 e. The maximum absolute atomic E-state index is 9.28. The van der Waals surface area contributed by atoms with Crippen molar-refractivity contribution in [1.29, 1.82) is 10.5 Å². The predicted molar refractivity (Wildman–Crippen MR) is 119 cm³/mol. The van der Waals surface area contributed by atoms with E-state index in [4.69, 9.17) is 10.00 Å². The molecule has 8 heteroatoms. The Morgan fingerprint density at radius 2 is 1.81 bits per heavy atom. The molecular weight excluding hydrogens is 408 g/mol. The smallest absolute Gasteiger partial charge is 0.243 e. The van der Waals surface area contributed by atoms with Crippen molar-refractivity contribution in [2.45, 2.75) is 45.6 Å². The fourth-order valence-corrected chi connectivity index (χ4v) is 5.56. The first kappa shape index (κ1) is 19.5. The number of ether oxygens (including phenoxy) is 1. The van der Waals surface area contributed by atoms with E-state index < -0.39 is 0 Å². The van der Waals surface area contributed by atoms with Gasteiger partial charge in [-0.15, -0.1) is 11.3 Å². The van der Waals surface area contributed by atoms with Crippen LogP contribution in [-0.2, 0) is 0 Å². The standard InChI is InChI=1S/C23H20N6OS/c1-13-7-16(5-4-6-24)8-14(2)17(13)30-20-18-19(26-15(3)31-18)27-21(28-20)29-23-9-22(10-23,11-23)12-25/h4-5,7-8H,9-11H2,1-3H3,(H,27,28,29)/b5-4+. The molecule has 7 nitrogen and oxygen atoms in total. The number of anilines is 1. The van der Waals surface area contributed by atoms with Gasteiger partial charge in [-0.3, -0.25) is 0 Å². The molecule has 31 heavy (non-hydrogen) atoms. The molecule has 0 amide bonds. The van der Waals surface area contributed by atoms with E-state index in [1.807, 2.05) is 39.0 Å². The minimum absolute atomic E-state index is 0.0771. The summed E-state index contributed by atoms with van der Waals surface area (Å²) >= 11 is 1.50. The monoisotopic (exact) mass is 428 g/mol. The highest BCUT2D eigenvalue weighted by atomic mass is 32.1. The van der Waals surface area contributed by atoms with Crippen molar-refractivity contribution in [2.24, 2.45) is 5.41 Å². The van der Waals surface area contributed by atoms with Crippen LogP contribution in [-0.4, -0.2) is 20.5 Å². The van der Waals surface area contributed by atoms with Crippen LogP contribution in [0.2, 0.25) is 0 Å². The maximum atomic E-state index is 9.28. The highest BCUT2D eigenvalue weighted by Gasteiger charge is 2.69. The molecule has 0 atom stereocenters. The van der Waals surface area contributed by atoms with Gasteiger partial charge < -0.3 is 10.1 Å². The number of nitrogens with zero attached hydrogens (tertiary/aromatic N) is 5. The van der Waals surface area contributed by atoms with Gasteiger partial charge in [0.15, 0.2) is 5.65 Å². The van der Waals surface area contributed by atoms with Gasteiger partial charge in [-0.25, -0.2) is 4.98 Å². The fraction of sp³-hybridized carbons (Fsp3) is 0.348. The van der Waals surface area contributed by atoms with Crippen molar-refractivity contribution < 1.29 is 4.74 Å². The van der Waals surface area contributed by atoms with Crippen molar-refractivity contribution in [3.8, 4) is 23.8 Å². The zero-order chi connectivity index (χ0) is 21.8. The Bertz CT molecular complexity index is 1300. The summed E-state index contributed by atoms with van der Waals surface area (Å²) in [6, 6.07) is 8.40. The van der Waals surface area contributed by atoms with Crippen LogP contribution in [0.15, 0.2) is 18.2 Å². The van der Waals surface area contributed by atoms with E-state index >= 15 is 0 Å². The van der Waals surface area contributed by atoms with Crippen molar-refractivity contribution in [1.82, 2.24) is 15.0 Å². The highest BCUT2D eigenvalue weighted by Crippen LogP contribution is 2.67. The number of thiazole rings is 1. The Kier molecular flexibility index (Phi) is 4.25. The normalized spacial score (nSPS) is 23.6. The third kappa shape index (κ3) is 3.20. The Morgan fingerprint density at radius 1 is 1.10 bits per heavy atom. The van der Waals surface area contributed by atoms with Crippen LogP contribution in [0.3, 0.4) is 0 Å². The van der Waals surface area contributed by atoms with Crippen molar-refractivity contribution >= 4 is 33.7 Å². The van der Waals surface area contributed by atoms with Crippen LogP contribution in [0, 0.1) is 48.8 Å². The zero-order valence-corrected chi connectivity index (χ0v) is 18.3. The third-order valence-electron chi connectivity index (χ3n) is 6.01. The molecule has 0 saturated heterocycles. The second kappa shape index (κ2) is 6.76. The Hall–Kier alpha value is -3.49. The second-order valence-corrected chi connectivity index (χ2v) is 9.82. The summed E-state index contributed by atoms with van der Waals surface area (Å²) in [6.07, 6.45) is 5.74. The molecule has 2 bridgehead atoms. The first-order valence-corrected chi connectivity index (χ1v) is 10.9. The van der Waals surface area contributed by atoms with E-state index in [0.717, 1.165) is 51.4 Å². The number of benzene rings is 1. The molecule has 154 valence electrons. The summed E-state index contributed by atoms with van der Waals surface area (Å²) < 4.78 is 7.13. The number of nitrogens with one attached hydrogen (secondary N) is 1.